The van der Waals surface area contributed by atoms with E-state index in [0.29, 0.717) is 25.3 Å². The summed E-state index contributed by atoms with van der Waals surface area (Å²) in [5, 5.41) is 3.69. The molecule has 2 rings (SSSR count). The Hall–Kier alpha value is -1.72. The number of nitrogens with two attached hydrogens (primary N) is 1. The van der Waals surface area contributed by atoms with Gasteiger partial charge in [-0.1, -0.05) is 5.16 Å². The third kappa shape index (κ3) is 2.51. The van der Waals surface area contributed by atoms with Gasteiger partial charge in [0, 0.05) is 13.0 Å². The molecule has 1 amide bonds. The van der Waals surface area contributed by atoms with Crippen LogP contribution < -0.4 is 5.73 Å². The Labute approximate surface area is 99.7 Å². The number of rotatable bonds is 0. The standard InChI is InChI=1S/C11H17N3O3/c1-11(2,3)16-10(15)14-5-4-8-7(6-14)9(12)13-17-8/h4-6H2,1-3H3,(H2,12,13). The monoisotopic (exact) mass is 239 g/mol. The zero-order valence-corrected chi connectivity index (χ0v) is 10.3. The van der Waals surface area contributed by atoms with Gasteiger partial charge in [-0.15, -0.1) is 0 Å². The molecule has 0 saturated heterocycles. The molecule has 94 valence electrons. The van der Waals surface area contributed by atoms with E-state index >= 15 is 0 Å². The molecule has 0 atom stereocenters. The van der Waals surface area contributed by atoms with Crippen LogP contribution in [0.25, 0.3) is 0 Å². The van der Waals surface area contributed by atoms with E-state index in [1.54, 1.807) is 4.90 Å². The summed E-state index contributed by atoms with van der Waals surface area (Å²) < 4.78 is 10.4. The highest BCUT2D eigenvalue weighted by atomic mass is 16.6. The van der Waals surface area contributed by atoms with Crippen LogP contribution >= 0.6 is 0 Å². The highest BCUT2D eigenvalue weighted by molar-refractivity contribution is 5.69. The highest BCUT2D eigenvalue weighted by Crippen LogP contribution is 2.24. The fourth-order valence-corrected chi connectivity index (χ4v) is 1.71. The second-order valence-corrected chi connectivity index (χ2v) is 5.12. The van der Waals surface area contributed by atoms with Crippen molar-refractivity contribution in [3.63, 3.8) is 0 Å². The maximum absolute atomic E-state index is 11.9. The molecule has 17 heavy (non-hydrogen) atoms. The number of nitrogen functional groups attached to an aromatic ring is 1. The van der Waals surface area contributed by atoms with Crippen LogP contribution in [0.4, 0.5) is 10.6 Å². The molecule has 0 saturated carbocycles. The molecule has 1 aromatic heterocycles. The molecule has 0 aromatic carbocycles. The van der Waals surface area contributed by atoms with Crippen molar-refractivity contribution in [2.45, 2.75) is 39.3 Å². The minimum absolute atomic E-state index is 0.330. The lowest BCUT2D eigenvalue weighted by Crippen LogP contribution is -2.39. The van der Waals surface area contributed by atoms with Crippen LogP contribution in [0.2, 0.25) is 0 Å². The first-order valence-electron chi connectivity index (χ1n) is 5.57. The van der Waals surface area contributed by atoms with Gasteiger partial charge >= 0.3 is 6.09 Å². The van der Waals surface area contributed by atoms with Gasteiger partial charge in [0.25, 0.3) is 0 Å². The maximum Gasteiger partial charge on any atom is 0.410 e. The lowest BCUT2D eigenvalue weighted by Gasteiger charge is -2.29. The zero-order valence-electron chi connectivity index (χ0n) is 10.3. The summed E-state index contributed by atoms with van der Waals surface area (Å²) in [5.41, 5.74) is 5.97. The van der Waals surface area contributed by atoms with Crippen LogP contribution in [-0.2, 0) is 17.7 Å². The highest BCUT2D eigenvalue weighted by Gasteiger charge is 2.29. The second kappa shape index (κ2) is 3.94. The van der Waals surface area contributed by atoms with E-state index in [0.717, 1.165) is 11.3 Å². The van der Waals surface area contributed by atoms with Crippen molar-refractivity contribution in [3.05, 3.63) is 11.3 Å². The molecule has 0 fully saturated rings. The number of ether oxygens (including phenoxy) is 1. The molecule has 0 aliphatic carbocycles. The van der Waals surface area contributed by atoms with E-state index in [-0.39, 0.29) is 6.09 Å². The summed E-state index contributed by atoms with van der Waals surface area (Å²) >= 11 is 0. The topological polar surface area (TPSA) is 81.6 Å². The molecule has 0 radical (unpaired) electrons. The third-order valence-corrected chi connectivity index (χ3v) is 2.51. The summed E-state index contributed by atoms with van der Waals surface area (Å²) in [4.78, 5) is 13.5. The van der Waals surface area contributed by atoms with Crippen molar-refractivity contribution in [2.75, 3.05) is 12.3 Å². The Kier molecular flexibility index (Phi) is 2.73. The molecule has 6 nitrogen and oxygen atoms in total. The van der Waals surface area contributed by atoms with Crippen LogP contribution in [0.3, 0.4) is 0 Å². The molecular weight excluding hydrogens is 222 g/mol. The first-order chi connectivity index (χ1) is 7.87. The van der Waals surface area contributed by atoms with Gasteiger partial charge in [-0.05, 0) is 20.8 Å². The first kappa shape index (κ1) is 11.8. The quantitative estimate of drug-likeness (QED) is 0.742. The fourth-order valence-electron chi connectivity index (χ4n) is 1.71. The Balaban J connectivity index is 2.07. The summed E-state index contributed by atoms with van der Waals surface area (Å²) in [6.07, 6.45) is 0.294. The summed E-state index contributed by atoms with van der Waals surface area (Å²) in [6, 6.07) is 0. The maximum atomic E-state index is 11.9. The smallest absolute Gasteiger partial charge is 0.410 e. The Morgan fingerprint density at radius 2 is 2.24 bits per heavy atom. The number of aromatic nitrogens is 1. The zero-order chi connectivity index (χ0) is 12.6. The predicted octanol–water partition coefficient (Wildman–Crippen LogP) is 1.55. The van der Waals surface area contributed by atoms with E-state index in [1.165, 1.54) is 0 Å². The van der Waals surface area contributed by atoms with Gasteiger partial charge in [0.1, 0.15) is 11.4 Å². The fraction of sp³-hybridized carbons (Fsp3) is 0.636. The first-order valence-corrected chi connectivity index (χ1v) is 5.57. The van der Waals surface area contributed by atoms with Gasteiger partial charge in [-0.25, -0.2) is 4.79 Å². The summed E-state index contributed by atoms with van der Waals surface area (Å²) in [5.74, 6) is 1.12. The summed E-state index contributed by atoms with van der Waals surface area (Å²) in [7, 11) is 0. The molecule has 2 heterocycles. The van der Waals surface area contributed by atoms with Crippen molar-refractivity contribution >= 4 is 11.9 Å². The molecule has 0 spiro atoms. The number of fused-ring (bicyclic) bond motifs is 1. The van der Waals surface area contributed by atoms with Crippen molar-refractivity contribution < 1.29 is 14.1 Å². The van der Waals surface area contributed by atoms with E-state index in [2.05, 4.69) is 5.16 Å². The predicted molar refractivity (Wildman–Crippen MR) is 61.3 cm³/mol. The molecule has 1 aromatic rings. The molecule has 0 bridgehead atoms. The van der Waals surface area contributed by atoms with Gasteiger partial charge in [-0.2, -0.15) is 0 Å². The van der Waals surface area contributed by atoms with Crippen LogP contribution in [0.1, 0.15) is 32.1 Å². The number of amides is 1. The van der Waals surface area contributed by atoms with Gasteiger partial charge in [0.15, 0.2) is 5.82 Å². The number of carbonyl (C=O) groups is 1. The minimum Gasteiger partial charge on any atom is -0.444 e. The Bertz CT molecular complexity index is 434. The van der Waals surface area contributed by atoms with Gasteiger partial charge in [-0.3, -0.25) is 0 Å². The molecule has 0 unspecified atom stereocenters. The number of carbonyl (C=O) groups excluding carboxylic acids is 1. The van der Waals surface area contributed by atoms with Crippen LogP contribution in [0, 0.1) is 0 Å². The Morgan fingerprint density at radius 1 is 1.53 bits per heavy atom. The van der Waals surface area contributed by atoms with Crippen molar-refractivity contribution in [1.82, 2.24) is 10.1 Å². The molecule has 2 N–H and O–H groups in total. The summed E-state index contributed by atoms with van der Waals surface area (Å²) in [6.45, 7) is 6.49. The second-order valence-electron chi connectivity index (χ2n) is 5.12. The van der Waals surface area contributed by atoms with E-state index in [1.807, 2.05) is 20.8 Å². The number of hydrogen-bond acceptors (Lipinski definition) is 5. The lowest BCUT2D eigenvalue weighted by atomic mass is 10.1. The molecule has 1 aliphatic rings. The van der Waals surface area contributed by atoms with E-state index in [4.69, 9.17) is 15.0 Å². The van der Waals surface area contributed by atoms with E-state index in [9.17, 15) is 4.79 Å². The van der Waals surface area contributed by atoms with Crippen molar-refractivity contribution in [1.29, 1.82) is 0 Å². The van der Waals surface area contributed by atoms with Gasteiger partial charge < -0.3 is 19.9 Å². The number of nitrogens with zero attached hydrogens (tertiary/aromatic N) is 2. The van der Waals surface area contributed by atoms with E-state index < -0.39 is 5.60 Å². The van der Waals surface area contributed by atoms with Crippen LogP contribution in [0.15, 0.2) is 4.52 Å². The van der Waals surface area contributed by atoms with Crippen molar-refractivity contribution in [2.24, 2.45) is 0 Å². The Morgan fingerprint density at radius 3 is 2.88 bits per heavy atom. The van der Waals surface area contributed by atoms with Crippen molar-refractivity contribution in [3.8, 4) is 0 Å². The normalized spacial score (nSPS) is 15.6. The SMILES string of the molecule is CC(C)(C)OC(=O)N1CCc2onc(N)c2C1. The average Bonchev–Trinajstić information content (AvgIpc) is 2.57. The number of hydrogen-bond donors (Lipinski definition) is 1. The molecule has 6 heteroatoms. The van der Waals surface area contributed by atoms with Gasteiger partial charge in [0.2, 0.25) is 0 Å². The number of anilines is 1. The molecule has 1 aliphatic heterocycles. The van der Waals surface area contributed by atoms with Crippen LogP contribution in [0.5, 0.6) is 0 Å². The lowest BCUT2D eigenvalue weighted by molar-refractivity contribution is 0.0219. The molecular formula is C11H17N3O3. The van der Waals surface area contributed by atoms with Gasteiger partial charge in [0.05, 0.1) is 12.1 Å². The minimum atomic E-state index is -0.489. The third-order valence-electron chi connectivity index (χ3n) is 2.51. The average molecular weight is 239 g/mol. The van der Waals surface area contributed by atoms with Crippen LogP contribution in [-0.4, -0.2) is 28.3 Å². The largest absolute Gasteiger partial charge is 0.444 e.